The predicted molar refractivity (Wildman–Crippen MR) is 129 cm³/mol. The van der Waals surface area contributed by atoms with Gasteiger partial charge in [-0.25, -0.2) is 18.7 Å². The fourth-order valence-electron chi connectivity index (χ4n) is 4.28. The Hall–Kier alpha value is -3.63. The van der Waals surface area contributed by atoms with Crippen molar-refractivity contribution in [2.75, 3.05) is 44.6 Å². The average Bonchev–Trinajstić information content (AvgIpc) is 3.28. The number of hydrogen-bond acceptors (Lipinski definition) is 7. The number of aromatic nitrogens is 2. The number of carbonyl (C=O) groups is 1. The van der Waals surface area contributed by atoms with Gasteiger partial charge in [-0.2, -0.15) is 0 Å². The van der Waals surface area contributed by atoms with Crippen molar-refractivity contribution in [2.24, 2.45) is 0 Å². The molecule has 0 radical (unpaired) electrons. The summed E-state index contributed by atoms with van der Waals surface area (Å²) < 4.78 is 33.9. The third-order valence-corrected chi connectivity index (χ3v) is 6.16. The van der Waals surface area contributed by atoms with E-state index in [-0.39, 0.29) is 47.2 Å². The van der Waals surface area contributed by atoms with E-state index < -0.39 is 17.5 Å². The van der Waals surface area contributed by atoms with Gasteiger partial charge in [-0.05, 0) is 56.9 Å². The Bertz CT molecular complexity index is 1220. The van der Waals surface area contributed by atoms with Gasteiger partial charge in [0, 0.05) is 18.8 Å². The summed E-state index contributed by atoms with van der Waals surface area (Å²) in [5.41, 5.74) is 0.847. The van der Waals surface area contributed by atoms with E-state index in [0.717, 1.165) is 6.42 Å². The van der Waals surface area contributed by atoms with Crippen LogP contribution in [0.25, 0.3) is 11.4 Å². The van der Waals surface area contributed by atoms with Gasteiger partial charge in [-0.3, -0.25) is 4.79 Å². The van der Waals surface area contributed by atoms with Crippen LogP contribution in [-0.4, -0.2) is 72.3 Å². The quantitative estimate of drug-likeness (QED) is 0.533. The Balaban J connectivity index is 1.65. The van der Waals surface area contributed by atoms with Crippen LogP contribution in [0.5, 0.6) is 5.75 Å². The highest BCUT2D eigenvalue weighted by molar-refractivity contribution is 6.05. The molecule has 3 aromatic rings. The van der Waals surface area contributed by atoms with Gasteiger partial charge >= 0.3 is 0 Å². The molecule has 2 unspecified atom stereocenters. The van der Waals surface area contributed by atoms with Crippen LogP contribution in [-0.2, 0) is 0 Å². The smallest absolute Gasteiger partial charge is 0.274 e. The summed E-state index contributed by atoms with van der Waals surface area (Å²) >= 11 is 0. The summed E-state index contributed by atoms with van der Waals surface area (Å²) in [5.74, 6) is -1.50. The van der Waals surface area contributed by atoms with Crippen LogP contribution in [0.2, 0.25) is 0 Å². The van der Waals surface area contributed by atoms with Crippen molar-refractivity contribution in [1.82, 2.24) is 14.9 Å². The van der Waals surface area contributed by atoms with E-state index in [1.54, 1.807) is 12.1 Å². The number of aliphatic hydroxyl groups is 1. The van der Waals surface area contributed by atoms with Gasteiger partial charge in [0.25, 0.3) is 5.91 Å². The molecule has 184 valence electrons. The molecule has 1 saturated heterocycles. The zero-order valence-electron chi connectivity index (χ0n) is 19.7. The number of likely N-dealkylation sites (N-methyl/N-ethyl adjacent to an activating group) is 1. The highest BCUT2D eigenvalue weighted by Gasteiger charge is 2.34. The Morgan fingerprint density at radius 2 is 2.06 bits per heavy atom. The molecule has 0 spiro atoms. The first-order valence-corrected chi connectivity index (χ1v) is 11.1. The number of anilines is 2. The van der Waals surface area contributed by atoms with E-state index >= 15 is 0 Å². The van der Waals surface area contributed by atoms with Crippen LogP contribution in [0, 0.1) is 11.6 Å². The third kappa shape index (κ3) is 5.08. The topological polar surface area (TPSA) is 90.8 Å². The van der Waals surface area contributed by atoms with Crippen molar-refractivity contribution in [1.29, 1.82) is 0 Å². The number of rotatable bonds is 7. The van der Waals surface area contributed by atoms with Crippen LogP contribution < -0.4 is 15.0 Å². The molecule has 35 heavy (non-hydrogen) atoms. The van der Waals surface area contributed by atoms with Crippen LogP contribution >= 0.6 is 0 Å². The van der Waals surface area contributed by atoms with E-state index in [4.69, 9.17) is 4.74 Å². The minimum Gasteiger partial charge on any atom is -0.496 e. The van der Waals surface area contributed by atoms with Crippen LogP contribution in [0.3, 0.4) is 0 Å². The number of ether oxygens (including phenoxy) is 1. The van der Waals surface area contributed by atoms with Crippen LogP contribution in [0.15, 0.2) is 48.7 Å². The number of benzene rings is 2. The second-order valence-corrected chi connectivity index (χ2v) is 8.54. The average molecular weight is 484 g/mol. The maximum absolute atomic E-state index is 14.5. The normalized spacial score (nSPS) is 17.6. The highest BCUT2D eigenvalue weighted by Crippen LogP contribution is 2.34. The molecule has 1 aliphatic heterocycles. The number of amides is 1. The van der Waals surface area contributed by atoms with Crippen molar-refractivity contribution in [3.8, 4) is 17.1 Å². The summed E-state index contributed by atoms with van der Waals surface area (Å²) in [5, 5.41) is 12.7. The van der Waals surface area contributed by atoms with Crippen LogP contribution in [0.4, 0.5) is 20.2 Å². The number of nitrogens with zero attached hydrogens (tertiary/aromatic N) is 4. The molecule has 2 atom stereocenters. The van der Waals surface area contributed by atoms with Crippen molar-refractivity contribution in [3.63, 3.8) is 0 Å². The zero-order chi connectivity index (χ0) is 25.1. The number of halogens is 2. The van der Waals surface area contributed by atoms with Gasteiger partial charge in [-0.1, -0.05) is 6.07 Å². The molecule has 0 bridgehead atoms. The molecule has 1 aromatic heterocycles. The number of hydrogen-bond donors (Lipinski definition) is 2. The summed E-state index contributed by atoms with van der Waals surface area (Å²) in [6.45, 7) is 0.534. The Morgan fingerprint density at radius 3 is 2.77 bits per heavy atom. The monoisotopic (exact) mass is 483 g/mol. The third-order valence-electron chi connectivity index (χ3n) is 6.16. The number of aliphatic hydroxyl groups excluding tert-OH is 1. The Kier molecular flexibility index (Phi) is 7.23. The second-order valence-electron chi connectivity index (χ2n) is 8.54. The summed E-state index contributed by atoms with van der Waals surface area (Å²) in [7, 11) is 5.33. The lowest BCUT2D eigenvalue weighted by Crippen LogP contribution is -2.34. The van der Waals surface area contributed by atoms with Gasteiger partial charge in [-0.15, -0.1) is 0 Å². The van der Waals surface area contributed by atoms with Crippen molar-refractivity contribution in [3.05, 3.63) is 66.0 Å². The van der Waals surface area contributed by atoms with Crippen molar-refractivity contribution < 1.29 is 23.4 Å². The molecule has 2 aromatic carbocycles. The molecule has 2 N–H and O–H groups in total. The standard InChI is InChI=1S/C25H27F2N5O3/c1-31(2)16-12-17(14-33)32(13-16)21-8-7-15(26)11-20(21)30-25(34)19-9-10-28-24(29-19)23-18(27)5-4-6-22(23)35-3/h4-11,16-17,33H,12-14H2,1-3H3,(H,30,34). The fourth-order valence-corrected chi connectivity index (χ4v) is 4.28. The molecule has 4 rings (SSSR count). The van der Waals surface area contributed by atoms with Gasteiger partial charge in [0.15, 0.2) is 5.82 Å². The number of methoxy groups -OCH3 is 1. The number of nitrogens with one attached hydrogen (secondary N) is 1. The minimum absolute atomic E-state index is 0.0132. The van der Waals surface area contributed by atoms with Gasteiger partial charge in [0.2, 0.25) is 0 Å². The lowest BCUT2D eigenvalue weighted by Gasteiger charge is -2.28. The van der Waals surface area contributed by atoms with Gasteiger partial charge in [0.1, 0.15) is 23.1 Å². The molecule has 1 fully saturated rings. The van der Waals surface area contributed by atoms with Crippen molar-refractivity contribution >= 4 is 17.3 Å². The van der Waals surface area contributed by atoms with E-state index in [0.29, 0.717) is 12.2 Å². The molecular weight excluding hydrogens is 456 g/mol. The van der Waals surface area contributed by atoms with E-state index in [1.165, 1.54) is 43.6 Å². The molecule has 10 heteroatoms. The zero-order valence-corrected chi connectivity index (χ0v) is 19.7. The SMILES string of the molecule is COc1cccc(F)c1-c1nccc(C(=O)Nc2cc(F)ccc2N2CC(N(C)C)CC2CO)n1. The first-order valence-electron chi connectivity index (χ1n) is 11.1. The van der Waals surface area contributed by atoms with E-state index in [2.05, 4.69) is 20.2 Å². The van der Waals surface area contributed by atoms with Gasteiger partial charge < -0.3 is 25.0 Å². The molecule has 2 heterocycles. The van der Waals surface area contributed by atoms with E-state index in [9.17, 15) is 18.7 Å². The number of carbonyl (C=O) groups excluding carboxylic acids is 1. The Morgan fingerprint density at radius 1 is 1.26 bits per heavy atom. The first-order chi connectivity index (χ1) is 16.8. The Labute approximate surface area is 202 Å². The summed E-state index contributed by atoms with van der Waals surface area (Å²) in [6.07, 6.45) is 2.08. The molecule has 8 nitrogen and oxygen atoms in total. The molecular formula is C25H27F2N5O3. The lowest BCUT2D eigenvalue weighted by atomic mass is 10.1. The van der Waals surface area contributed by atoms with E-state index in [1.807, 2.05) is 19.0 Å². The largest absolute Gasteiger partial charge is 0.496 e. The molecule has 0 aliphatic carbocycles. The van der Waals surface area contributed by atoms with Crippen molar-refractivity contribution in [2.45, 2.75) is 18.5 Å². The molecule has 0 saturated carbocycles. The second kappa shape index (κ2) is 10.3. The van der Waals surface area contributed by atoms with Crippen LogP contribution in [0.1, 0.15) is 16.9 Å². The fraction of sp³-hybridized carbons (Fsp3) is 0.320. The maximum atomic E-state index is 14.5. The summed E-state index contributed by atoms with van der Waals surface area (Å²) in [4.78, 5) is 25.5. The minimum atomic E-state index is -0.611. The molecule has 1 amide bonds. The summed E-state index contributed by atoms with van der Waals surface area (Å²) in [6, 6.07) is 9.86. The predicted octanol–water partition coefficient (Wildman–Crippen LogP) is 3.18. The lowest BCUT2D eigenvalue weighted by molar-refractivity contribution is 0.102. The van der Waals surface area contributed by atoms with Gasteiger partial charge in [0.05, 0.1) is 36.7 Å². The highest BCUT2D eigenvalue weighted by atomic mass is 19.1. The maximum Gasteiger partial charge on any atom is 0.274 e. The molecule has 1 aliphatic rings. The first kappa shape index (κ1) is 24.5.